The van der Waals surface area contributed by atoms with E-state index < -0.39 is 0 Å². The molecule has 2 rings (SSSR count). The van der Waals surface area contributed by atoms with Crippen LogP contribution in [-0.2, 0) is 0 Å². The second-order valence-corrected chi connectivity index (χ2v) is 3.97. The monoisotopic (exact) mass is 238 g/mol. The predicted molar refractivity (Wildman–Crippen MR) is 64.6 cm³/mol. The molecule has 1 aromatic heterocycles. The van der Waals surface area contributed by atoms with Gasteiger partial charge in [-0.3, -0.25) is 0 Å². The predicted octanol–water partition coefficient (Wildman–Crippen LogP) is 0.421. The Labute approximate surface area is 101 Å². The summed E-state index contributed by atoms with van der Waals surface area (Å²) in [6.07, 6.45) is 2.34. The number of rotatable bonds is 6. The van der Waals surface area contributed by atoms with E-state index in [1.54, 1.807) is 20.3 Å². The molecule has 0 aliphatic heterocycles. The van der Waals surface area contributed by atoms with Crippen molar-refractivity contribution in [2.24, 2.45) is 5.73 Å². The summed E-state index contributed by atoms with van der Waals surface area (Å²) < 4.78 is 10.3. The maximum Gasteiger partial charge on any atom is 0.232 e. The first kappa shape index (κ1) is 11.9. The van der Waals surface area contributed by atoms with Crippen LogP contribution in [0.4, 0.5) is 5.95 Å². The quantitative estimate of drug-likeness (QED) is 0.774. The van der Waals surface area contributed by atoms with Gasteiger partial charge in [0.2, 0.25) is 17.7 Å². The molecular formula is C11H18N4O2. The van der Waals surface area contributed by atoms with Crippen LogP contribution in [0, 0.1) is 0 Å². The van der Waals surface area contributed by atoms with Crippen molar-refractivity contribution >= 4 is 5.95 Å². The summed E-state index contributed by atoms with van der Waals surface area (Å²) in [6.45, 7) is 1.33. The van der Waals surface area contributed by atoms with Crippen molar-refractivity contribution < 1.29 is 9.47 Å². The smallest absolute Gasteiger partial charge is 0.232 e. The van der Waals surface area contributed by atoms with E-state index in [1.807, 2.05) is 0 Å². The van der Waals surface area contributed by atoms with E-state index in [2.05, 4.69) is 14.9 Å². The lowest BCUT2D eigenvalue weighted by molar-refractivity contribution is 0.371. The molecule has 17 heavy (non-hydrogen) atoms. The number of ether oxygens (including phenoxy) is 2. The minimum atomic E-state index is 0.509. The normalized spacial score (nSPS) is 14.5. The number of aromatic nitrogens is 2. The van der Waals surface area contributed by atoms with Crippen LogP contribution in [0.5, 0.6) is 11.8 Å². The molecule has 0 bridgehead atoms. The molecule has 6 heteroatoms. The zero-order valence-electron chi connectivity index (χ0n) is 10.2. The lowest BCUT2D eigenvalue weighted by Gasteiger charge is -2.22. The second-order valence-electron chi connectivity index (χ2n) is 3.97. The van der Waals surface area contributed by atoms with Crippen LogP contribution in [0.15, 0.2) is 6.07 Å². The summed E-state index contributed by atoms with van der Waals surface area (Å²) in [5.74, 6) is 1.65. The Kier molecular flexibility index (Phi) is 3.63. The fourth-order valence-corrected chi connectivity index (χ4v) is 1.70. The molecule has 1 fully saturated rings. The molecule has 0 spiro atoms. The molecule has 1 aliphatic carbocycles. The molecule has 0 aromatic carbocycles. The van der Waals surface area contributed by atoms with Crippen LogP contribution in [0.3, 0.4) is 0 Å². The van der Waals surface area contributed by atoms with Crippen LogP contribution >= 0.6 is 0 Å². The summed E-state index contributed by atoms with van der Waals surface area (Å²) >= 11 is 0. The number of nitrogens with zero attached hydrogens (tertiary/aromatic N) is 3. The first-order valence-electron chi connectivity index (χ1n) is 5.72. The standard InChI is InChI=1S/C11H18N4O2/c1-16-9-7-10(17-2)14-11(13-9)15(6-5-12)8-3-4-8/h7-8H,3-6,12H2,1-2H3. The highest BCUT2D eigenvalue weighted by molar-refractivity contribution is 5.39. The Morgan fingerprint density at radius 2 is 1.88 bits per heavy atom. The maximum absolute atomic E-state index is 5.61. The molecule has 1 aliphatic rings. The molecular weight excluding hydrogens is 220 g/mol. The molecule has 0 unspecified atom stereocenters. The van der Waals surface area contributed by atoms with Crippen LogP contribution in [-0.4, -0.2) is 43.3 Å². The Morgan fingerprint density at radius 1 is 1.29 bits per heavy atom. The van der Waals surface area contributed by atoms with Crippen LogP contribution in [0.2, 0.25) is 0 Å². The molecule has 94 valence electrons. The Balaban J connectivity index is 2.27. The third-order valence-electron chi connectivity index (χ3n) is 2.70. The van der Waals surface area contributed by atoms with Gasteiger partial charge in [0.25, 0.3) is 0 Å². The number of anilines is 1. The van der Waals surface area contributed by atoms with Crippen LogP contribution < -0.4 is 20.1 Å². The van der Waals surface area contributed by atoms with Gasteiger partial charge in [0.05, 0.1) is 20.3 Å². The third-order valence-corrected chi connectivity index (χ3v) is 2.70. The Bertz CT molecular complexity index is 359. The van der Waals surface area contributed by atoms with Gasteiger partial charge in [0, 0.05) is 19.1 Å². The van der Waals surface area contributed by atoms with Crippen molar-refractivity contribution in [2.75, 3.05) is 32.2 Å². The largest absolute Gasteiger partial charge is 0.481 e. The van der Waals surface area contributed by atoms with Gasteiger partial charge in [0.15, 0.2) is 0 Å². The first-order valence-corrected chi connectivity index (χ1v) is 5.72. The van der Waals surface area contributed by atoms with Crippen LogP contribution in [0.25, 0.3) is 0 Å². The van der Waals surface area contributed by atoms with Gasteiger partial charge in [0.1, 0.15) is 0 Å². The second kappa shape index (κ2) is 5.18. The van der Waals surface area contributed by atoms with Gasteiger partial charge < -0.3 is 20.1 Å². The average molecular weight is 238 g/mol. The highest BCUT2D eigenvalue weighted by Gasteiger charge is 2.30. The summed E-state index contributed by atoms with van der Waals surface area (Å²) in [4.78, 5) is 10.8. The van der Waals surface area contributed by atoms with Gasteiger partial charge in [-0.25, -0.2) is 0 Å². The number of nitrogens with two attached hydrogens (primary N) is 1. The molecule has 0 amide bonds. The fourth-order valence-electron chi connectivity index (χ4n) is 1.70. The highest BCUT2D eigenvalue weighted by atomic mass is 16.5. The Morgan fingerprint density at radius 3 is 2.29 bits per heavy atom. The van der Waals surface area contributed by atoms with Gasteiger partial charge in [-0.2, -0.15) is 9.97 Å². The van der Waals surface area contributed by atoms with Crippen molar-refractivity contribution in [2.45, 2.75) is 18.9 Å². The van der Waals surface area contributed by atoms with E-state index in [0.29, 0.717) is 30.3 Å². The molecule has 1 saturated carbocycles. The van der Waals surface area contributed by atoms with Crippen molar-refractivity contribution in [3.8, 4) is 11.8 Å². The van der Waals surface area contributed by atoms with Crippen molar-refractivity contribution in [1.82, 2.24) is 9.97 Å². The molecule has 2 N–H and O–H groups in total. The number of hydrogen-bond acceptors (Lipinski definition) is 6. The molecule has 0 radical (unpaired) electrons. The summed E-state index contributed by atoms with van der Waals surface area (Å²) in [6, 6.07) is 2.17. The van der Waals surface area contributed by atoms with Gasteiger partial charge in [-0.15, -0.1) is 0 Å². The van der Waals surface area contributed by atoms with E-state index in [0.717, 1.165) is 6.54 Å². The topological polar surface area (TPSA) is 73.5 Å². The van der Waals surface area contributed by atoms with E-state index in [-0.39, 0.29) is 0 Å². The summed E-state index contributed by atoms with van der Waals surface area (Å²) in [5, 5.41) is 0. The Hall–Kier alpha value is -1.56. The lowest BCUT2D eigenvalue weighted by atomic mass is 10.4. The maximum atomic E-state index is 5.61. The average Bonchev–Trinajstić information content (AvgIpc) is 3.19. The third kappa shape index (κ3) is 2.76. The minimum Gasteiger partial charge on any atom is -0.481 e. The van der Waals surface area contributed by atoms with Crippen LogP contribution in [0.1, 0.15) is 12.8 Å². The minimum absolute atomic E-state index is 0.509. The van der Waals surface area contributed by atoms with E-state index >= 15 is 0 Å². The molecule has 0 atom stereocenters. The van der Waals surface area contributed by atoms with Gasteiger partial charge in [-0.1, -0.05) is 0 Å². The number of methoxy groups -OCH3 is 2. The molecule has 0 saturated heterocycles. The SMILES string of the molecule is COc1cc(OC)nc(N(CCN)C2CC2)n1. The fraction of sp³-hybridized carbons (Fsp3) is 0.636. The zero-order valence-corrected chi connectivity index (χ0v) is 10.2. The van der Waals surface area contributed by atoms with Crippen molar-refractivity contribution in [3.63, 3.8) is 0 Å². The van der Waals surface area contributed by atoms with Gasteiger partial charge in [-0.05, 0) is 12.8 Å². The van der Waals surface area contributed by atoms with Crippen molar-refractivity contribution in [3.05, 3.63) is 6.07 Å². The number of hydrogen-bond donors (Lipinski definition) is 1. The lowest BCUT2D eigenvalue weighted by Crippen LogP contribution is -2.33. The van der Waals surface area contributed by atoms with E-state index in [9.17, 15) is 0 Å². The van der Waals surface area contributed by atoms with Crippen molar-refractivity contribution in [1.29, 1.82) is 0 Å². The zero-order chi connectivity index (χ0) is 12.3. The molecule has 1 aromatic rings. The highest BCUT2D eigenvalue weighted by Crippen LogP contribution is 2.31. The van der Waals surface area contributed by atoms with E-state index in [1.165, 1.54) is 12.8 Å². The summed E-state index contributed by atoms with van der Waals surface area (Å²) in [7, 11) is 3.16. The first-order chi connectivity index (χ1) is 8.28. The van der Waals surface area contributed by atoms with Gasteiger partial charge >= 0.3 is 0 Å². The summed E-state index contributed by atoms with van der Waals surface area (Å²) in [5.41, 5.74) is 5.61. The molecule has 6 nitrogen and oxygen atoms in total. The van der Waals surface area contributed by atoms with E-state index in [4.69, 9.17) is 15.2 Å². The molecule has 1 heterocycles.